The van der Waals surface area contributed by atoms with Crippen LogP contribution >= 0.6 is 0 Å². The smallest absolute Gasteiger partial charge is 0.267 e. The van der Waals surface area contributed by atoms with Crippen molar-refractivity contribution < 1.29 is 9.90 Å². The zero-order valence-electron chi connectivity index (χ0n) is 10.9. The van der Waals surface area contributed by atoms with E-state index in [0.717, 1.165) is 5.69 Å². The fourth-order valence-electron chi connectivity index (χ4n) is 2.43. The van der Waals surface area contributed by atoms with Gasteiger partial charge in [-0.05, 0) is 17.7 Å². The summed E-state index contributed by atoms with van der Waals surface area (Å²) >= 11 is 0. The number of para-hydroxylation sites is 1. The number of benzene rings is 2. The number of hydrogen-bond acceptors (Lipinski definition) is 2. The number of carbonyl (C=O) groups excluding carboxylic acids is 1. The van der Waals surface area contributed by atoms with Crippen molar-refractivity contribution in [2.45, 2.75) is 12.0 Å². The SMILES string of the molecule is O=C1N(c2ccccc2)C=CC[C@@]1(O)c1ccccc1. The van der Waals surface area contributed by atoms with Crippen molar-refractivity contribution in [1.29, 1.82) is 0 Å². The predicted octanol–water partition coefficient (Wildman–Crippen LogP) is 2.82. The molecule has 2 aromatic carbocycles. The highest BCUT2D eigenvalue weighted by Crippen LogP contribution is 2.33. The van der Waals surface area contributed by atoms with E-state index >= 15 is 0 Å². The van der Waals surface area contributed by atoms with Crippen molar-refractivity contribution in [1.82, 2.24) is 0 Å². The third-order valence-corrected chi connectivity index (χ3v) is 3.53. The topological polar surface area (TPSA) is 40.5 Å². The molecular weight excluding hydrogens is 250 g/mol. The molecule has 0 saturated heterocycles. The average molecular weight is 265 g/mol. The van der Waals surface area contributed by atoms with Crippen molar-refractivity contribution in [2.75, 3.05) is 4.90 Å². The Morgan fingerprint density at radius 1 is 0.950 bits per heavy atom. The Balaban J connectivity index is 2.01. The summed E-state index contributed by atoms with van der Waals surface area (Å²) < 4.78 is 0. The molecule has 3 nitrogen and oxygen atoms in total. The number of hydrogen-bond donors (Lipinski definition) is 1. The zero-order valence-corrected chi connectivity index (χ0v) is 10.9. The highest BCUT2D eigenvalue weighted by atomic mass is 16.3. The quantitative estimate of drug-likeness (QED) is 0.907. The summed E-state index contributed by atoms with van der Waals surface area (Å²) in [5.74, 6) is -0.322. The molecule has 0 unspecified atom stereocenters. The minimum absolute atomic E-state index is 0.291. The van der Waals surface area contributed by atoms with Crippen molar-refractivity contribution in [3.63, 3.8) is 0 Å². The van der Waals surface area contributed by atoms with Crippen LogP contribution in [0.2, 0.25) is 0 Å². The Hall–Kier alpha value is -2.39. The molecule has 2 aromatic rings. The van der Waals surface area contributed by atoms with Gasteiger partial charge in [-0.1, -0.05) is 54.6 Å². The number of nitrogens with zero attached hydrogens (tertiary/aromatic N) is 1. The highest BCUT2D eigenvalue weighted by Gasteiger charge is 2.42. The van der Waals surface area contributed by atoms with Gasteiger partial charge < -0.3 is 5.11 Å². The van der Waals surface area contributed by atoms with E-state index in [4.69, 9.17) is 0 Å². The molecule has 1 aliphatic heterocycles. The summed E-state index contributed by atoms with van der Waals surface area (Å²) in [6.45, 7) is 0. The molecule has 0 aromatic heterocycles. The van der Waals surface area contributed by atoms with E-state index in [-0.39, 0.29) is 5.91 Å². The summed E-state index contributed by atoms with van der Waals surface area (Å²) in [5, 5.41) is 10.8. The Labute approximate surface area is 117 Å². The van der Waals surface area contributed by atoms with Gasteiger partial charge in [0.25, 0.3) is 5.91 Å². The minimum atomic E-state index is -1.49. The molecule has 0 bridgehead atoms. The van der Waals surface area contributed by atoms with Crippen LogP contribution in [0.5, 0.6) is 0 Å². The molecule has 100 valence electrons. The molecule has 0 fully saturated rings. The lowest BCUT2D eigenvalue weighted by Crippen LogP contribution is -2.47. The van der Waals surface area contributed by atoms with Gasteiger partial charge in [0.2, 0.25) is 0 Å². The maximum Gasteiger partial charge on any atom is 0.267 e. The first-order valence-electron chi connectivity index (χ1n) is 6.55. The van der Waals surface area contributed by atoms with Gasteiger partial charge in [0.15, 0.2) is 5.60 Å². The van der Waals surface area contributed by atoms with Crippen molar-refractivity contribution in [3.8, 4) is 0 Å². The number of amides is 1. The van der Waals surface area contributed by atoms with Crippen LogP contribution in [0.1, 0.15) is 12.0 Å². The second-order valence-corrected chi connectivity index (χ2v) is 4.83. The predicted molar refractivity (Wildman–Crippen MR) is 78.0 cm³/mol. The molecule has 1 heterocycles. The van der Waals surface area contributed by atoms with Crippen molar-refractivity contribution in [2.24, 2.45) is 0 Å². The summed E-state index contributed by atoms with van der Waals surface area (Å²) in [6.07, 6.45) is 3.83. The lowest BCUT2D eigenvalue weighted by molar-refractivity contribution is -0.137. The zero-order chi connectivity index (χ0) is 14.0. The van der Waals surface area contributed by atoms with E-state index < -0.39 is 5.60 Å². The Morgan fingerprint density at radius 3 is 2.20 bits per heavy atom. The molecule has 1 aliphatic rings. The second kappa shape index (κ2) is 4.94. The van der Waals surface area contributed by atoms with Gasteiger partial charge in [-0.2, -0.15) is 0 Å². The third-order valence-electron chi connectivity index (χ3n) is 3.53. The maximum absolute atomic E-state index is 12.7. The first-order valence-corrected chi connectivity index (χ1v) is 6.55. The van der Waals surface area contributed by atoms with Crippen LogP contribution in [0.15, 0.2) is 72.9 Å². The van der Waals surface area contributed by atoms with Crippen LogP contribution in [-0.2, 0) is 10.4 Å². The summed E-state index contributed by atoms with van der Waals surface area (Å²) in [5.41, 5.74) is -0.121. The van der Waals surface area contributed by atoms with Gasteiger partial charge in [0.1, 0.15) is 0 Å². The van der Waals surface area contributed by atoms with Crippen molar-refractivity contribution in [3.05, 3.63) is 78.5 Å². The van der Waals surface area contributed by atoms with Gasteiger partial charge in [-0.3, -0.25) is 9.69 Å². The fourth-order valence-corrected chi connectivity index (χ4v) is 2.43. The second-order valence-electron chi connectivity index (χ2n) is 4.83. The van der Waals surface area contributed by atoms with E-state index in [1.807, 2.05) is 54.6 Å². The molecule has 0 aliphatic carbocycles. The lowest BCUT2D eigenvalue weighted by atomic mass is 9.87. The molecule has 1 amide bonds. The maximum atomic E-state index is 12.7. The molecule has 1 atom stereocenters. The van der Waals surface area contributed by atoms with E-state index in [0.29, 0.717) is 12.0 Å². The van der Waals surface area contributed by atoms with Crippen LogP contribution in [0.4, 0.5) is 5.69 Å². The Morgan fingerprint density at radius 2 is 1.55 bits per heavy atom. The number of anilines is 1. The van der Waals surface area contributed by atoms with E-state index in [1.54, 1.807) is 18.3 Å². The first-order chi connectivity index (χ1) is 9.72. The molecule has 20 heavy (non-hydrogen) atoms. The van der Waals surface area contributed by atoms with Crippen LogP contribution in [0, 0.1) is 0 Å². The monoisotopic (exact) mass is 265 g/mol. The summed E-state index contributed by atoms with van der Waals surface area (Å²) in [7, 11) is 0. The number of aliphatic hydroxyl groups is 1. The van der Waals surface area contributed by atoms with Gasteiger partial charge in [-0.15, -0.1) is 0 Å². The molecule has 3 rings (SSSR count). The minimum Gasteiger partial charge on any atom is -0.375 e. The molecule has 0 saturated carbocycles. The van der Waals surface area contributed by atoms with Crippen LogP contribution in [0.3, 0.4) is 0 Å². The molecule has 1 N–H and O–H groups in total. The van der Waals surface area contributed by atoms with Crippen LogP contribution in [0.25, 0.3) is 0 Å². The Bertz CT molecular complexity index is 637. The van der Waals surface area contributed by atoms with E-state index in [2.05, 4.69) is 0 Å². The standard InChI is InChI=1S/C17H15NO2/c19-16-17(20,14-8-3-1-4-9-14)12-7-13-18(16)15-10-5-2-6-11-15/h1-11,13,20H,12H2/t17-/m1/s1. The fraction of sp³-hybridized carbons (Fsp3) is 0.118. The highest BCUT2D eigenvalue weighted by molar-refractivity contribution is 6.02. The molecule has 0 spiro atoms. The van der Waals surface area contributed by atoms with Crippen molar-refractivity contribution >= 4 is 11.6 Å². The number of rotatable bonds is 2. The third kappa shape index (κ3) is 2.02. The van der Waals surface area contributed by atoms with Crippen LogP contribution < -0.4 is 4.90 Å². The normalized spacial score (nSPS) is 22.1. The molecular formula is C17H15NO2. The Kier molecular flexibility index (Phi) is 3.12. The number of carbonyl (C=O) groups is 1. The van der Waals surface area contributed by atoms with Gasteiger partial charge >= 0.3 is 0 Å². The van der Waals surface area contributed by atoms with Gasteiger partial charge in [0, 0.05) is 18.3 Å². The largest absolute Gasteiger partial charge is 0.375 e. The van der Waals surface area contributed by atoms with E-state index in [1.165, 1.54) is 4.90 Å². The lowest BCUT2D eigenvalue weighted by Gasteiger charge is -2.34. The van der Waals surface area contributed by atoms with Gasteiger partial charge in [-0.25, -0.2) is 0 Å². The first kappa shape index (κ1) is 12.6. The summed E-state index contributed by atoms with van der Waals surface area (Å²) in [6, 6.07) is 18.4. The molecule has 3 heteroatoms. The molecule has 0 radical (unpaired) electrons. The average Bonchev–Trinajstić information content (AvgIpc) is 2.52. The summed E-state index contributed by atoms with van der Waals surface area (Å²) in [4.78, 5) is 14.2. The van der Waals surface area contributed by atoms with E-state index in [9.17, 15) is 9.90 Å². The van der Waals surface area contributed by atoms with Crippen LogP contribution in [-0.4, -0.2) is 11.0 Å². The van der Waals surface area contributed by atoms with Gasteiger partial charge in [0.05, 0.1) is 0 Å².